The molecule has 0 aliphatic carbocycles. The number of anilines is 1. The second kappa shape index (κ2) is 5.02. The first-order valence-electron chi connectivity index (χ1n) is 3.98. The summed E-state index contributed by atoms with van der Waals surface area (Å²) in [5.74, 6) is -0.225. The van der Waals surface area contributed by atoms with Gasteiger partial charge < -0.3 is 5.32 Å². The molecule has 0 aliphatic rings. The van der Waals surface area contributed by atoms with Crippen molar-refractivity contribution >= 4 is 21.6 Å². The number of rotatable bonds is 4. The van der Waals surface area contributed by atoms with E-state index >= 15 is 0 Å². The van der Waals surface area contributed by atoms with Crippen LogP contribution in [0.2, 0.25) is 0 Å². The third kappa shape index (κ3) is 3.59. The van der Waals surface area contributed by atoms with Gasteiger partial charge in [-0.05, 0) is 30.7 Å². The fourth-order valence-corrected chi connectivity index (χ4v) is 1.39. The van der Waals surface area contributed by atoms with Gasteiger partial charge in [0.05, 0.1) is 0 Å². The second-order valence-corrected chi connectivity index (χ2v) is 3.47. The van der Waals surface area contributed by atoms with E-state index in [9.17, 15) is 4.39 Å². The minimum absolute atomic E-state index is 0.225. The summed E-state index contributed by atoms with van der Waals surface area (Å²) in [5.41, 5.74) is 1.79. The molecule has 1 aromatic carbocycles. The van der Waals surface area contributed by atoms with E-state index in [2.05, 4.69) is 27.8 Å². The SMILES string of the molecule is C=C(CCBr)Nc1ccc(F)cc1. The standard InChI is InChI=1S/C10H11BrFN/c1-8(6-7-11)13-10-4-2-9(12)3-5-10/h2-5,13H,1,6-7H2. The van der Waals surface area contributed by atoms with Gasteiger partial charge in [0.15, 0.2) is 0 Å². The Bertz CT molecular complexity index is 281. The third-order valence-electron chi connectivity index (χ3n) is 1.56. The Hall–Kier alpha value is -0.830. The summed E-state index contributed by atoms with van der Waals surface area (Å²) in [7, 11) is 0. The van der Waals surface area contributed by atoms with Crippen molar-refractivity contribution in [1.82, 2.24) is 0 Å². The lowest BCUT2D eigenvalue weighted by atomic mass is 10.3. The summed E-state index contributed by atoms with van der Waals surface area (Å²) in [6.45, 7) is 3.83. The van der Waals surface area contributed by atoms with Crippen molar-refractivity contribution in [3.8, 4) is 0 Å². The number of benzene rings is 1. The van der Waals surface area contributed by atoms with Crippen molar-refractivity contribution in [2.24, 2.45) is 0 Å². The first kappa shape index (κ1) is 10.3. The van der Waals surface area contributed by atoms with E-state index in [-0.39, 0.29) is 5.82 Å². The highest BCUT2D eigenvalue weighted by Crippen LogP contribution is 2.12. The van der Waals surface area contributed by atoms with Crippen molar-refractivity contribution in [1.29, 1.82) is 0 Å². The molecule has 1 N–H and O–H groups in total. The molecule has 13 heavy (non-hydrogen) atoms. The number of hydrogen-bond acceptors (Lipinski definition) is 1. The Morgan fingerprint density at radius 3 is 2.54 bits per heavy atom. The van der Waals surface area contributed by atoms with E-state index in [0.717, 1.165) is 23.1 Å². The van der Waals surface area contributed by atoms with Gasteiger partial charge in [-0.25, -0.2) is 4.39 Å². The summed E-state index contributed by atoms with van der Waals surface area (Å²) in [4.78, 5) is 0. The largest absolute Gasteiger partial charge is 0.359 e. The van der Waals surface area contributed by atoms with Gasteiger partial charge in [-0.15, -0.1) is 0 Å². The Balaban J connectivity index is 2.54. The Morgan fingerprint density at radius 2 is 2.00 bits per heavy atom. The Labute approximate surface area is 85.8 Å². The molecule has 0 amide bonds. The molecule has 0 fully saturated rings. The average molecular weight is 244 g/mol. The molecule has 0 atom stereocenters. The van der Waals surface area contributed by atoms with Gasteiger partial charge in [0, 0.05) is 16.7 Å². The first-order valence-corrected chi connectivity index (χ1v) is 5.11. The van der Waals surface area contributed by atoms with Crippen LogP contribution in [-0.4, -0.2) is 5.33 Å². The summed E-state index contributed by atoms with van der Waals surface area (Å²) in [6, 6.07) is 6.22. The lowest BCUT2D eigenvalue weighted by Crippen LogP contribution is -1.98. The van der Waals surface area contributed by atoms with Gasteiger partial charge in [0.1, 0.15) is 5.82 Å². The highest BCUT2D eigenvalue weighted by atomic mass is 79.9. The topological polar surface area (TPSA) is 12.0 Å². The van der Waals surface area contributed by atoms with Crippen LogP contribution in [0.5, 0.6) is 0 Å². The number of allylic oxidation sites excluding steroid dienone is 1. The quantitative estimate of drug-likeness (QED) is 0.799. The molecular weight excluding hydrogens is 233 g/mol. The molecule has 0 radical (unpaired) electrons. The van der Waals surface area contributed by atoms with Gasteiger partial charge in [0.2, 0.25) is 0 Å². The van der Waals surface area contributed by atoms with Crippen LogP contribution in [0.1, 0.15) is 6.42 Å². The maximum atomic E-state index is 12.5. The van der Waals surface area contributed by atoms with E-state index < -0.39 is 0 Å². The summed E-state index contributed by atoms with van der Waals surface area (Å²) >= 11 is 3.31. The van der Waals surface area contributed by atoms with Crippen LogP contribution in [0.3, 0.4) is 0 Å². The maximum Gasteiger partial charge on any atom is 0.123 e. The number of halogens is 2. The van der Waals surface area contributed by atoms with Gasteiger partial charge in [-0.1, -0.05) is 22.5 Å². The molecule has 0 saturated carbocycles. The first-order chi connectivity index (χ1) is 6.22. The molecule has 0 aromatic heterocycles. The number of nitrogens with one attached hydrogen (secondary N) is 1. The van der Waals surface area contributed by atoms with E-state index in [1.807, 2.05) is 0 Å². The molecule has 1 aromatic rings. The lowest BCUT2D eigenvalue weighted by molar-refractivity contribution is 0.628. The smallest absolute Gasteiger partial charge is 0.123 e. The van der Waals surface area contributed by atoms with Crippen LogP contribution in [-0.2, 0) is 0 Å². The van der Waals surface area contributed by atoms with E-state index in [1.165, 1.54) is 12.1 Å². The molecule has 0 spiro atoms. The van der Waals surface area contributed by atoms with Gasteiger partial charge in [-0.2, -0.15) is 0 Å². The van der Waals surface area contributed by atoms with Crippen molar-refractivity contribution in [2.75, 3.05) is 10.6 Å². The van der Waals surface area contributed by atoms with E-state index in [0.29, 0.717) is 0 Å². The fraction of sp³-hybridized carbons (Fsp3) is 0.200. The summed E-state index contributed by atoms with van der Waals surface area (Å²) in [5, 5.41) is 3.95. The van der Waals surface area contributed by atoms with Crippen LogP contribution >= 0.6 is 15.9 Å². The number of hydrogen-bond donors (Lipinski definition) is 1. The number of alkyl halides is 1. The molecule has 0 aliphatic heterocycles. The summed E-state index contributed by atoms with van der Waals surface area (Å²) < 4.78 is 12.5. The van der Waals surface area contributed by atoms with Crippen LogP contribution in [0, 0.1) is 5.82 Å². The molecule has 70 valence electrons. The van der Waals surface area contributed by atoms with E-state index in [4.69, 9.17) is 0 Å². The lowest BCUT2D eigenvalue weighted by Gasteiger charge is -2.07. The van der Waals surface area contributed by atoms with Crippen molar-refractivity contribution in [3.05, 3.63) is 42.4 Å². The van der Waals surface area contributed by atoms with Crippen LogP contribution in [0.4, 0.5) is 10.1 Å². The Morgan fingerprint density at radius 1 is 1.38 bits per heavy atom. The second-order valence-electron chi connectivity index (χ2n) is 2.67. The molecule has 0 unspecified atom stereocenters. The predicted octanol–water partition coefficient (Wildman–Crippen LogP) is 3.54. The van der Waals surface area contributed by atoms with E-state index in [1.54, 1.807) is 12.1 Å². The normalized spacial score (nSPS) is 9.69. The van der Waals surface area contributed by atoms with Crippen molar-refractivity contribution in [3.63, 3.8) is 0 Å². The summed E-state index contributed by atoms with van der Waals surface area (Å²) in [6.07, 6.45) is 0.859. The van der Waals surface area contributed by atoms with Gasteiger partial charge >= 0.3 is 0 Å². The molecule has 0 heterocycles. The maximum absolute atomic E-state index is 12.5. The van der Waals surface area contributed by atoms with Crippen molar-refractivity contribution in [2.45, 2.75) is 6.42 Å². The minimum atomic E-state index is -0.225. The predicted molar refractivity (Wildman–Crippen MR) is 57.6 cm³/mol. The highest BCUT2D eigenvalue weighted by Gasteiger charge is 1.95. The molecule has 1 rings (SSSR count). The van der Waals surface area contributed by atoms with Crippen LogP contribution in [0.25, 0.3) is 0 Å². The highest BCUT2D eigenvalue weighted by molar-refractivity contribution is 9.09. The molecule has 3 heteroatoms. The zero-order valence-electron chi connectivity index (χ0n) is 7.19. The van der Waals surface area contributed by atoms with Gasteiger partial charge in [0.25, 0.3) is 0 Å². The van der Waals surface area contributed by atoms with Crippen LogP contribution < -0.4 is 5.32 Å². The minimum Gasteiger partial charge on any atom is -0.359 e. The average Bonchev–Trinajstić information content (AvgIpc) is 2.09. The molecule has 0 saturated heterocycles. The zero-order chi connectivity index (χ0) is 9.68. The fourth-order valence-electron chi connectivity index (χ4n) is 0.914. The Kier molecular flexibility index (Phi) is 3.96. The zero-order valence-corrected chi connectivity index (χ0v) is 8.77. The molecule has 0 bridgehead atoms. The molecular formula is C10H11BrFN. The van der Waals surface area contributed by atoms with Gasteiger partial charge in [-0.3, -0.25) is 0 Å². The monoisotopic (exact) mass is 243 g/mol. The van der Waals surface area contributed by atoms with Crippen LogP contribution in [0.15, 0.2) is 36.5 Å². The molecule has 1 nitrogen and oxygen atoms in total. The van der Waals surface area contributed by atoms with Crippen molar-refractivity contribution < 1.29 is 4.39 Å². The third-order valence-corrected chi connectivity index (χ3v) is 1.96.